The third-order valence-corrected chi connectivity index (χ3v) is 3.58. The molecule has 0 saturated carbocycles. The minimum absolute atomic E-state index is 0.121. The van der Waals surface area contributed by atoms with Crippen LogP contribution in [0, 0.1) is 5.92 Å². The van der Waals surface area contributed by atoms with Crippen molar-refractivity contribution >= 4 is 22.4 Å². The number of rotatable bonds is 4. The Labute approximate surface area is 113 Å². The van der Waals surface area contributed by atoms with Crippen LogP contribution in [0.25, 0.3) is 10.8 Å². The summed E-state index contributed by atoms with van der Waals surface area (Å²) >= 11 is 0. The first-order chi connectivity index (χ1) is 9.11. The van der Waals surface area contributed by atoms with Gasteiger partial charge < -0.3 is 11.1 Å². The zero-order valence-corrected chi connectivity index (χ0v) is 11.4. The normalized spacial score (nSPS) is 14.1. The number of fused-ring (bicyclic) bond motifs is 1. The van der Waals surface area contributed by atoms with Gasteiger partial charge in [-0.05, 0) is 28.8 Å². The monoisotopic (exact) mass is 256 g/mol. The average Bonchev–Trinajstić information content (AvgIpc) is 2.45. The van der Waals surface area contributed by atoms with Crippen LogP contribution in [0.5, 0.6) is 0 Å². The van der Waals surface area contributed by atoms with Crippen molar-refractivity contribution in [1.82, 2.24) is 0 Å². The highest BCUT2D eigenvalue weighted by Crippen LogP contribution is 2.19. The Hall–Kier alpha value is -1.87. The average molecular weight is 256 g/mol. The number of benzene rings is 2. The van der Waals surface area contributed by atoms with E-state index in [1.54, 1.807) is 0 Å². The van der Waals surface area contributed by atoms with Crippen LogP contribution >= 0.6 is 0 Å². The summed E-state index contributed by atoms with van der Waals surface area (Å²) in [5.41, 5.74) is 6.71. The third-order valence-electron chi connectivity index (χ3n) is 3.58. The molecule has 2 unspecified atom stereocenters. The van der Waals surface area contributed by atoms with Crippen LogP contribution in [-0.4, -0.2) is 11.9 Å². The van der Waals surface area contributed by atoms with E-state index in [4.69, 9.17) is 5.73 Å². The predicted octanol–water partition coefficient (Wildman–Crippen LogP) is 3.15. The zero-order valence-electron chi connectivity index (χ0n) is 11.4. The summed E-state index contributed by atoms with van der Waals surface area (Å²) in [5, 5.41) is 5.15. The molecule has 0 saturated heterocycles. The van der Waals surface area contributed by atoms with Crippen molar-refractivity contribution in [1.29, 1.82) is 0 Å². The molecule has 100 valence electrons. The maximum Gasteiger partial charge on any atom is 0.241 e. The molecule has 3 nitrogen and oxygen atoms in total. The first-order valence-electron chi connectivity index (χ1n) is 6.67. The number of hydrogen-bond donors (Lipinski definition) is 2. The lowest BCUT2D eigenvalue weighted by atomic mass is 9.99. The van der Waals surface area contributed by atoms with Gasteiger partial charge in [0.2, 0.25) is 5.91 Å². The van der Waals surface area contributed by atoms with E-state index in [2.05, 4.69) is 5.32 Å². The van der Waals surface area contributed by atoms with Crippen LogP contribution in [0.1, 0.15) is 20.3 Å². The van der Waals surface area contributed by atoms with Crippen molar-refractivity contribution in [3.63, 3.8) is 0 Å². The lowest BCUT2D eigenvalue weighted by molar-refractivity contribution is -0.118. The number of nitrogens with one attached hydrogen (secondary N) is 1. The van der Waals surface area contributed by atoms with Gasteiger partial charge in [0.05, 0.1) is 6.04 Å². The van der Waals surface area contributed by atoms with Crippen molar-refractivity contribution in [2.75, 3.05) is 5.32 Å². The quantitative estimate of drug-likeness (QED) is 0.883. The van der Waals surface area contributed by atoms with Gasteiger partial charge in [0.25, 0.3) is 0 Å². The molecule has 0 heterocycles. The predicted molar refractivity (Wildman–Crippen MR) is 80.0 cm³/mol. The maximum absolute atomic E-state index is 12.0. The fraction of sp³-hybridized carbons (Fsp3) is 0.312. The second-order valence-corrected chi connectivity index (χ2v) is 4.96. The number of amides is 1. The molecule has 0 aliphatic heterocycles. The van der Waals surface area contributed by atoms with Gasteiger partial charge >= 0.3 is 0 Å². The highest BCUT2D eigenvalue weighted by atomic mass is 16.2. The fourth-order valence-corrected chi connectivity index (χ4v) is 2.01. The Balaban J connectivity index is 2.15. The number of hydrogen-bond acceptors (Lipinski definition) is 2. The van der Waals surface area contributed by atoms with E-state index in [-0.39, 0.29) is 11.8 Å². The Morgan fingerprint density at radius 2 is 1.89 bits per heavy atom. The highest BCUT2D eigenvalue weighted by molar-refractivity contribution is 5.97. The summed E-state index contributed by atoms with van der Waals surface area (Å²) in [6.45, 7) is 4.03. The van der Waals surface area contributed by atoms with Crippen LogP contribution < -0.4 is 11.1 Å². The lowest BCUT2D eigenvalue weighted by Crippen LogP contribution is -2.40. The molecule has 0 aromatic heterocycles. The molecular weight excluding hydrogens is 236 g/mol. The number of anilines is 1. The second kappa shape index (κ2) is 5.85. The Bertz CT molecular complexity index is 580. The molecule has 2 aromatic carbocycles. The van der Waals surface area contributed by atoms with Crippen molar-refractivity contribution in [2.45, 2.75) is 26.3 Å². The van der Waals surface area contributed by atoms with E-state index in [1.807, 2.05) is 56.3 Å². The first kappa shape index (κ1) is 13.6. The molecule has 19 heavy (non-hydrogen) atoms. The van der Waals surface area contributed by atoms with E-state index in [1.165, 1.54) is 0 Å². The lowest BCUT2D eigenvalue weighted by Gasteiger charge is -2.17. The smallest absolute Gasteiger partial charge is 0.241 e. The van der Waals surface area contributed by atoms with E-state index in [0.717, 1.165) is 22.9 Å². The first-order valence-corrected chi connectivity index (χ1v) is 6.67. The number of carbonyl (C=O) groups excluding carboxylic acids is 1. The molecule has 0 aliphatic carbocycles. The SMILES string of the molecule is CCC(C)C(N)C(=O)Nc1ccc2ccccc2c1. The van der Waals surface area contributed by atoms with Crippen LogP contribution in [-0.2, 0) is 4.79 Å². The Morgan fingerprint density at radius 1 is 1.21 bits per heavy atom. The van der Waals surface area contributed by atoms with E-state index in [0.29, 0.717) is 0 Å². The molecule has 0 radical (unpaired) electrons. The number of carbonyl (C=O) groups is 1. The standard InChI is InChI=1S/C16H20N2O/c1-3-11(2)15(17)16(19)18-14-9-8-12-6-4-5-7-13(12)10-14/h4-11,15H,3,17H2,1-2H3,(H,18,19). The van der Waals surface area contributed by atoms with Gasteiger partial charge in [-0.25, -0.2) is 0 Å². The van der Waals surface area contributed by atoms with Crippen molar-refractivity contribution < 1.29 is 4.79 Å². The molecule has 0 aliphatic rings. The van der Waals surface area contributed by atoms with Crippen LogP contribution in [0.3, 0.4) is 0 Å². The third kappa shape index (κ3) is 3.12. The van der Waals surface area contributed by atoms with Gasteiger partial charge in [-0.15, -0.1) is 0 Å². The van der Waals surface area contributed by atoms with Crippen molar-refractivity contribution in [2.24, 2.45) is 11.7 Å². The molecule has 3 heteroatoms. The summed E-state index contributed by atoms with van der Waals surface area (Å²) in [7, 11) is 0. The maximum atomic E-state index is 12.0. The van der Waals surface area contributed by atoms with Gasteiger partial charge in [0, 0.05) is 5.69 Å². The van der Waals surface area contributed by atoms with Gasteiger partial charge in [0.1, 0.15) is 0 Å². The van der Waals surface area contributed by atoms with E-state index >= 15 is 0 Å². The zero-order chi connectivity index (χ0) is 13.8. The molecule has 0 fully saturated rings. The number of nitrogens with two attached hydrogens (primary N) is 1. The van der Waals surface area contributed by atoms with Crippen LogP contribution in [0.2, 0.25) is 0 Å². The largest absolute Gasteiger partial charge is 0.325 e. The summed E-state index contributed by atoms with van der Waals surface area (Å²) in [5.74, 6) is 0.0603. The van der Waals surface area contributed by atoms with E-state index in [9.17, 15) is 4.79 Å². The topological polar surface area (TPSA) is 55.1 Å². The van der Waals surface area contributed by atoms with Gasteiger partial charge in [-0.2, -0.15) is 0 Å². The highest BCUT2D eigenvalue weighted by Gasteiger charge is 2.19. The molecule has 2 atom stereocenters. The Morgan fingerprint density at radius 3 is 2.58 bits per heavy atom. The molecule has 2 rings (SSSR count). The molecule has 3 N–H and O–H groups in total. The molecular formula is C16H20N2O. The van der Waals surface area contributed by atoms with E-state index < -0.39 is 6.04 Å². The Kier molecular flexibility index (Phi) is 4.17. The van der Waals surface area contributed by atoms with Gasteiger partial charge in [-0.3, -0.25) is 4.79 Å². The fourth-order valence-electron chi connectivity index (χ4n) is 2.01. The summed E-state index contributed by atoms with van der Waals surface area (Å²) < 4.78 is 0. The molecule has 2 aromatic rings. The summed E-state index contributed by atoms with van der Waals surface area (Å²) in [4.78, 5) is 12.0. The second-order valence-electron chi connectivity index (χ2n) is 4.96. The van der Waals surface area contributed by atoms with Crippen molar-refractivity contribution in [3.05, 3.63) is 42.5 Å². The minimum Gasteiger partial charge on any atom is -0.325 e. The van der Waals surface area contributed by atoms with Crippen LogP contribution in [0.4, 0.5) is 5.69 Å². The summed E-state index contributed by atoms with van der Waals surface area (Å²) in [6, 6.07) is 13.5. The molecule has 0 spiro atoms. The van der Waals surface area contributed by atoms with Crippen molar-refractivity contribution in [3.8, 4) is 0 Å². The van der Waals surface area contributed by atoms with Gasteiger partial charge in [0.15, 0.2) is 0 Å². The van der Waals surface area contributed by atoms with Gasteiger partial charge in [-0.1, -0.05) is 50.6 Å². The van der Waals surface area contributed by atoms with Crippen LogP contribution in [0.15, 0.2) is 42.5 Å². The molecule has 1 amide bonds. The molecule has 0 bridgehead atoms. The summed E-state index contributed by atoms with van der Waals surface area (Å²) in [6.07, 6.45) is 0.895. The minimum atomic E-state index is -0.462.